The highest BCUT2D eigenvalue weighted by molar-refractivity contribution is 5.96. The molecule has 0 saturated heterocycles. The van der Waals surface area contributed by atoms with Crippen LogP contribution in [-0.2, 0) is 4.79 Å². The number of carbonyl (C=O) groups is 2. The highest BCUT2D eigenvalue weighted by atomic mass is 19.4. The van der Waals surface area contributed by atoms with E-state index in [0.717, 1.165) is 12.8 Å². The van der Waals surface area contributed by atoms with Gasteiger partial charge in [0.15, 0.2) is 0 Å². The van der Waals surface area contributed by atoms with Gasteiger partial charge in [-0.05, 0) is 37.5 Å². The Hall–Kier alpha value is -3.01. The normalized spacial score (nSPS) is 12.7. The van der Waals surface area contributed by atoms with Gasteiger partial charge >= 0.3 is 6.18 Å². The summed E-state index contributed by atoms with van der Waals surface area (Å²) >= 11 is 0. The van der Waals surface area contributed by atoms with E-state index in [1.54, 1.807) is 25.1 Å². The lowest BCUT2D eigenvalue weighted by atomic mass is 10.0. The molecular formula is C20H26F3N5O2. The third-order valence-corrected chi connectivity index (χ3v) is 4.08. The molecule has 10 heteroatoms. The maximum atomic E-state index is 12.2. The van der Waals surface area contributed by atoms with Crippen molar-refractivity contribution in [2.75, 3.05) is 11.9 Å². The van der Waals surface area contributed by atoms with Crippen LogP contribution in [0.4, 0.5) is 19.0 Å². The van der Waals surface area contributed by atoms with E-state index in [9.17, 15) is 22.8 Å². The highest BCUT2D eigenvalue weighted by Gasteiger charge is 2.30. The van der Waals surface area contributed by atoms with Crippen molar-refractivity contribution in [2.45, 2.75) is 39.8 Å². The Balaban J connectivity index is 0.00000146. The summed E-state index contributed by atoms with van der Waals surface area (Å²) in [7, 11) is 0. The number of aromatic nitrogens is 2. The van der Waals surface area contributed by atoms with Crippen LogP contribution in [0.15, 0.2) is 30.6 Å². The first-order valence-corrected chi connectivity index (χ1v) is 9.32. The summed E-state index contributed by atoms with van der Waals surface area (Å²) in [5.41, 5.74) is 1.85. The minimum atomic E-state index is -4.47. The van der Waals surface area contributed by atoms with Crippen LogP contribution < -0.4 is 16.8 Å². The lowest BCUT2D eigenvalue weighted by Crippen LogP contribution is -2.34. The minimum Gasteiger partial charge on any atom is -0.344 e. The molecular weight excluding hydrogens is 399 g/mol. The predicted molar refractivity (Wildman–Crippen MR) is 108 cm³/mol. The van der Waals surface area contributed by atoms with Gasteiger partial charge in [0.25, 0.3) is 5.91 Å². The minimum absolute atomic E-state index is 0. The SMILES string of the molecule is CC.Cc1cc(-c2cc(NC(=O)C3CC3)ncn2)ccc1C(=O)NCC(F)(F)F.N. The molecule has 2 aromatic rings. The molecule has 1 aliphatic rings. The van der Waals surface area contributed by atoms with Gasteiger partial charge in [0.1, 0.15) is 18.7 Å². The first-order chi connectivity index (χ1) is 13.7. The van der Waals surface area contributed by atoms with Crippen LogP contribution in [0.5, 0.6) is 0 Å². The van der Waals surface area contributed by atoms with Gasteiger partial charge in [0.05, 0.1) is 5.69 Å². The second-order valence-corrected chi connectivity index (χ2v) is 6.38. The zero-order chi connectivity index (χ0) is 21.6. The number of carbonyl (C=O) groups excluding carboxylic acids is 2. The molecule has 1 heterocycles. The smallest absolute Gasteiger partial charge is 0.344 e. The second kappa shape index (κ2) is 10.7. The Morgan fingerprint density at radius 1 is 1.13 bits per heavy atom. The summed E-state index contributed by atoms with van der Waals surface area (Å²) < 4.78 is 36.7. The topological polar surface area (TPSA) is 119 Å². The van der Waals surface area contributed by atoms with Gasteiger partial charge in [-0.3, -0.25) is 9.59 Å². The van der Waals surface area contributed by atoms with Crippen molar-refractivity contribution in [1.82, 2.24) is 21.4 Å². The van der Waals surface area contributed by atoms with Gasteiger partial charge in [-0.2, -0.15) is 13.2 Å². The van der Waals surface area contributed by atoms with Gasteiger partial charge in [0.2, 0.25) is 5.91 Å². The number of rotatable bonds is 5. The number of hydrogen-bond acceptors (Lipinski definition) is 5. The van der Waals surface area contributed by atoms with Crippen LogP contribution in [0, 0.1) is 12.8 Å². The van der Waals surface area contributed by atoms with E-state index < -0.39 is 18.6 Å². The molecule has 0 spiro atoms. The molecule has 164 valence electrons. The van der Waals surface area contributed by atoms with E-state index in [0.29, 0.717) is 22.6 Å². The Kier molecular flexibility index (Phi) is 8.91. The van der Waals surface area contributed by atoms with Crippen LogP contribution in [-0.4, -0.2) is 34.5 Å². The Labute approximate surface area is 173 Å². The van der Waals surface area contributed by atoms with Crippen molar-refractivity contribution >= 4 is 17.6 Å². The molecule has 5 N–H and O–H groups in total. The third kappa shape index (κ3) is 7.11. The van der Waals surface area contributed by atoms with Crippen LogP contribution in [0.25, 0.3) is 11.3 Å². The summed E-state index contributed by atoms with van der Waals surface area (Å²) in [4.78, 5) is 31.9. The summed E-state index contributed by atoms with van der Waals surface area (Å²) in [6.45, 7) is 4.24. The largest absolute Gasteiger partial charge is 0.405 e. The van der Waals surface area contributed by atoms with Crippen molar-refractivity contribution in [3.8, 4) is 11.3 Å². The molecule has 0 atom stereocenters. The number of nitrogens with zero attached hydrogens (tertiary/aromatic N) is 2. The Morgan fingerprint density at radius 3 is 2.37 bits per heavy atom. The fraction of sp³-hybridized carbons (Fsp3) is 0.400. The van der Waals surface area contributed by atoms with E-state index in [2.05, 4.69) is 15.3 Å². The number of aryl methyl sites for hydroxylation is 1. The molecule has 1 aromatic carbocycles. The fourth-order valence-corrected chi connectivity index (χ4v) is 2.51. The molecule has 1 aliphatic carbocycles. The summed E-state index contributed by atoms with van der Waals surface area (Å²) in [6, 6.07) is 6.29. The molecule has 1 saturated carbocycles. The van der Waals surface area contributed by atoms with Gasteiger partial charge < -0.3 is 16.8 Å². The van der Waals surface area contributed by atoms with E-state index in [4.69, 9.17) is 0 Å². The molecule has 1 fully saturated rings. The molecule has 1 aromatic heterocycles. The maximum Gasteiger partial charge on any atom is 0.405 e. The van der Waals surface area contributed by atoms with Crippen molar-refractivity contribution in [2.24, 2.45) is 5.92 Å². The summed E-state index contributed by atoms with van der Waals surface area (Å²) in [5.74, 6) is -0.453. The number of amides is 2. The standard InChI is InChI=1S/C18H17F3N4O2.C2H6.H3N/c1-10-6-12(4-5-13(10)17(27)22-8-18(19,20)21)14-7-15(24-9-23-14)25-16(26)11-2-3-11;1-2;/h4-7,9,11H,2-3,8H2,1H3,(H,22,27)(H,23,24,25,26);1-2H3;1H3. The van der Waals surface area contributed by atoms with Crippen molar-refractivity contribution in [3.63, 3.8) is 0 Å². The zero-order valence-electron chi connectivity index (χ0n) is 17.1. The number of hydrogen-bond donors (Lipinski definition) is 3. The van der Waals surface area contributed by atoms with Crippen molar-refractivity contribution < 1.29 is 22.8 Å². The number of halogens is 3. The zero-order valence-corrected chi connectivity index (χ0v) is 17.1. The molecule has 0 bridgehead atoms. The Bertz CT molecular complexity index is 883. The van der Waals surface area contributed by atoms with Gasteiger partial charge in [-0.25, -0.2) is 9.97 Å². The van der Waals surface area contributed by atoms with Gasteiger partial charge in [-0.1, -0.05) is 19.9 Å². The molecule has 7 nitrogen and oxygen atoms in total. The monoisotopic (exact) mass is 425 g/mol. The predicted octanol–water partition coefficient (Wildman–Crippen LogP) is 4.28. The van der Waals surface area contributed by atoms with E-state index in [-0.39, 0.29) is 23.5 Å². The van der Waals surface area contributed by atoms with E-state index >= 15 is 0 Å². The first-order valence-electron chi connectivity index (χ1n) is 9.32. The molecule has 2 amide bonds. The number of benzene rings is 1. The lowest BCUT2D eigenvalue weighted by Gasteiger charge is -2.11. The molecule has 3 rings (SSSR count). The molecule has 0 unspecified atom stereocenters. The number of alkyl halides is 3. The van der Waals surface area contributed by atoms with Crippen LogP contribution >= 0.6 is 0 Å². The summed E-state index contributed by atoms with van der Waals surface area (Å²) in [5, 5.41) is 4.58. The average Bonchev–Trinajstić information content (AvgIpc) is 3.53. The van der Waals surface area contributed by atoms with E-state index in [1.165, 1.54) is 12.4 Å². The third-order valence-electron chi connectivity index (χ3n) is 4.08. The number of anilines is 1. The summed E-state index contributed by atoms with van der Waals surface area (Å²) in [6.07, 6.45) is -1.40. The van der Waals surface area contributed by atoms with Crippen molar-refractivity contribution in [1.29, 1.82) is 0 Å². The highest BCUT2D eigenvalue weighted by Crippen LogP contribution is 2.30. The molecule has 0 aliphatic heterocycles. The first kappa shape index (κ1) is 25.0. The maximum absolute atomic E-state index is 12.2. The van der Waals surface area contributed by atoms with Gasteiger partial charge in [-0.15, -0.1) is 0 Å². The van der Waals surface area contributed by atoms with Crippen molar-refractivity contribution in [3.05, 3.63) is 41.7 Å². The Morgan fingerprint density at radius 2 is 1.80 bits per heavy atom. The molecule has 0 radical (unpaired) electrons. The average molecular weight is 425 g/mol. The van der Waals surface area contributed by atoms with Crippen LogP contribution in [0.2, 0.25) is 0 Å². The second-order valence-electron chi connectivity index (χ2n) is 6.38. The number of nitrogens with one attached hydrogen (secondary N) is 2. The van der Waals surface area contributed by atoms with Gasteiger partial charge in [0, 0.05) is 23.1 Å². The van der Waals surface area contributed by atoms with Crippen LogP contribution in [0.1, 0.15) is 42.6 Å². The quantitative estimate of drug-likeness (QED) is 0.661. The fourth-order valence-electron chi connectivity index (χ4n) is 2.51. The van der Waals surface area contributed by atoms with Crippen LogP contribution in [0.3, 0.4) is 0 Å². The van der Waals surface area contributed by atoms with E-state index in [1.807, 2.05) is 19.2 Å². The molecule has 30 heavy (non-hydrogen) atoms. The lowest BCUT2D eigenvalue weighted by molar-refractivity contribution is -0.123.